The average Bonchev–Trinajstić information content (AvgIpc) is 2.69. The highest BCUT2D eigenvalue weighted by molar-refractivity contribution is 5.90. The second-order valence-corrected chi connectivity index (χ2v) is 7.99. The number of likely N-dealkylation sites (tertiary alicyclic amines) is 1. The Kier molecular flexibility index (Phi) is 6.01. The first-order chi connectivity index (χ1) is 13.3. The standard InChI is InChI=1S/C22H28N2O4/c1-15-6-5-7-16(12-15)13-23-20(27)18(25)19(26)21(28)24-11-9-17-8-3-4-10-22(17,2)14-24/h3-8,12,18-19,25-26H,9-11,13-14H2,1-2H3,(H,23,27). The summed E-state index contributed by atoms with van der Waals surface area (Å²) in [7, 11) is 0. The van der Waals surface area contributed by atoms with Gasteiger partial charge in [-0.2, -0.15) is 0 Å². The Hall–Kier alpha value is -2.44. The monoisotopic (exact) mass is 384 g/mol. The molecule has 0 aromatic heterocycles. The van der Waals surface area contributed by atoms with Gasteiger partial charge in [-0.15, -0.1) is 0 Å². The largest absolute Gasteiger partial charge is 0.380 e. The number of nitrogens with one attached hydrogen (secondary N) is 1. The SMILES string of the molecule is Cc1cccc(CNC(=O)C(O)C(O)C(=O)N2CCC3=CC=CCC3(C)C2)c1. The van der Waals surface area contributed by atoms with Crippen LogP contribution in [0.15, 0.2) is 48.1 Å². The molecule has 0 bridgehead atoms. The quantitative estimate of drug-likeness (QED) is 0.717. The highest BCUT2D eigenvalue weighted by atomic mass is 16.3. The fraction of sp³-hybridized carbons (Fsp3) is 0.455. The lowest BCUT2D eigenvalue weighted by Crippen LogP contribution is -2.54. The summed E-state index contributed by atoms with van der Waals surface area (Å²) in [6.45, 7) is 5.21. The lowest BCUT2D eigenvalue weighted by Gasteiger charge is -2.44. The van der Waals surface area contributed by atoms with Crippen LogP contribution < -0.4 is 5.32 Å². The van der Waals surface area contributed by atoms with Crippen LogP contribution in [0.3, 0.4) is 0 Å². The summed E-state index contributed by atoms with van der Waals surface area (Å²) in [5.74, 6) is -1.36. The minimum absolute atomic E-state index is 0.152. The number of benzene rings is 1. The molecular formula is C22H28N2O4. The number of hydrogen-bond donors (Lipinski definition) is 3. The molecule has 1 saturated heterocycles. The van der Waals surface area contributed by atoms with Gasteiger partial charge in [-0.25, -0.2) is 0 Å². The molecule has 3 N–H and O–H groups in total. The van der Waals surface area contributed by atoms with Crippen LogP contribution in [0.5, 0.6) is 0 Å². The van der Waals surface area contributed by atoms with Crippen LogP contribution in [-0.2, 0) is 16.1 Å². The van der Waals surface area contributed by atoms with E-state index in [-0.39, 0.29) is 12.0 Å². The van der Waals surface area contributed by atoms with E-state index in [0.29, 0.717) is 13.1 Å². The molecule has 3 rings (SSSR count). The number of nitrogens with zero attached hydrogens (tertiary/aromatic N) is 1. The third-order valence-corrected chi connectivity index (χ3v) is 5.65. The molecule has 6 heteroatoms. The first kappa shape index (κ1) is 20.3. The van der Waals surface area contributed by atoms with Crippen molar-refractivity contribution < 1.29 is 19.8 Å². The minimum atomic E-state index is -1.80. The van der Waals surface area contributed by atoms with Crippen molar-refractivity contribution in [3.63, 3.8) is 0 Å². The summed E-state index contributed by atoms with van der Waals surface area (Å²) in [4.78, 5) is 26.4. The average molecular weight is 384 g/mol. The Balaban J connectivity index is 1.57. The molecule has 150 valence electrons. The van der Waals surface area contributed by atoms with Gasteiger partial charge in [-0.05, 0) is 25.3 Å². The number of allylic oxidation sites excluding steroid dienone is 3. The molecule has 0 spiro atoms. The molecule has 1 aliphatic carbocycles. The Labute approximate surface area is 165 Å². The van der Waals surface area contributed by atoms with Crippen LogP contribution in [0.2, 0.25) is 0 Å². The molecule has 0 saturated carbocycles. The van der Waals surface area contributed by atoms with Crippen LogP contribution in [0.4, 0.5) is 0 Å². The summed E-state index contributed by atoms with van der Waals surface area (Å²) >= 11 is 0. The number of amides is 2. The molecular weight excluding hydrogens is 356 g/mol. The van der Waals surface area contributed by atoms with E-state index >= 15 is 0 Å². The van der Waals surface area contributed by atoms with Crippen molar-refractivity contribution in [3.05, 3.63) is 59.2 Å². The Bertz CT molecular complexity index is 817. The van der Waals surface area contributed by atoms with E-state index in [0.717, 1.165) is 24.0 Å². The summed E-state index contributed by atoms with van der Waals surface area (Å²) in [5.41, 5.74) is 3.09. The molecule has 2 amide bonds. The number of aliphatic hydroxyl groups is 2. The van der Waals surface area contributed by atoms with Gasteiger partial charge in [0, 0.05) is 25.0 Å². The summed E-state index contributed by atoms with van der Waals surface area (Å²) < 4.78 is 0. The van der Waals surface area contributed by atoms with Gasteiger partial charge in [-0.1, -0.05) is 60.6 Å². The van der Waals surface area contributed by atoms with Gasteiger partial charge in [0.2, 0.25) is 0 Å². The maximum absolute atomic E-state index is 12.7. The van der Waals surface area contributed by atoms with Gasteiger partial charge in [0.25, 0.3) is 11.8 Å². The van der Waals surface area contributed by atoms with Crippen molar-refractivity contribution in [1.82, 2.24) is 10.2 Å². The first-order valence-electron chi connectivity index (χ1n) is 9.64. The summed E-state index contributed by atoms with van der Waals surface area (Å²) in [6.07, 6.45) is 4.19. The molecule has 2 aliphatic rings. The molecule has 3 unspecified atom stereocenters. The minimum Gasteiger partial charge on any atom is -0.380 e. The van der Waals surface area contributed by atoms with Crippen molar-refractivity contribution in [2.24, 2.45) is 5.41 Å². The van der Waals surface area contributed by atoms with Crippen LogP contribution in [0.1, 0.15) is 30.9 Å². The van der Waals surface area contributed by atoms with E-state index in [4.69, 9.17) is 0 Å². The molecule has 28 heavy (non-hydrogen) atoms. The second kappa shape index (κ2) is 8.29. The number of piperidine rings is 1. The van der Waals surface area contributed by atoms with Gasteiger partial charge < -0.3 is 20.4 Å². The normalized spacial score (nSPS) is 23.4. The fourth-order valence-electron chi connectivity index (χ4n) is 3.92. The molecule has 3 atom stereocenters. The Morgan fingerprint density at radius 2 is 2.07 bits per heavy atom. The molecule has 6 nitrogen and oxygen atoms in total. The van der Waals surface area contributed by atoms with E-state index in [2.05, 4.69) is 24.4 Å². The van der Waals surface area contributed by atoms with Gasteiger partial charge >= 0.3 is 0 Å². The van der Waals surface area contributed by atoms with Crippen LogP contribution in [0, 0.1) is 12.3 Å². The topological polar surface area (TPSA) is 89.9 Å². The van der Waals surface area contributed by atoms with Crippen molar-refractivity contribution in [2.75, 3.05) is 13.1 Å². The fourth-order valence-corrected chi connectivity index (χ4v) is 3.92. The number of hydrogen-bond acceptors (Lipinski definition) is 4. The molecule has 0 radical (unpaired) electrons. The van der Waals surface area contributed by atoms with E-state index in [1.54, 1.807) is 4.90 Å². The second-order valence-electron chi connectivity index (χ2n) is 7.99. The molecule has 1 fully saturated rings. The van der Waals surface area contributed by atoms with Crippen LogP contribution in [-0.4, -0.2) is 52.2 Å². The third-order valence-electron chi connectivity index (χ3n) is 5.65. The number of fused-ring (bicyclic) bond motifs is 1. The lowest BCUT2D eigenvalue weighted by atomic mass is 9.72. The maximum atomic E-state index is 12.7. The van der Waals surface area contributed by atoms with Crippen LogP contribution in [0.25, 0.3) is 0 Å². The van der Waals surface area contributed by atoms with Crippen molar-refractivity contribution in [2.45, 2.75) is 45.4 Å². The molecule has 1 heterocycles. The highest BCUT2D eigenvalue weighted by Gasteiger charge is 2.40. The van der Waals surface area contributed by atoms with Gasteiger partial charge in [0.15, 0.2) is 12.2 Å². The van der Waals surface area contributed by atoms with Crippen LogP contribution >= 0.6 is 0 Å². The molecule has 1 aliphatic heterocycles. The number of aryl methyl sites for hydroxylation is 1. The predicted molar refractivity (Wildman–Crippen MR) is 106 cm³/mol. The summed E-state index contributed by atoms with van der Waals surface area (Å²) in [6, 6.07) is 7.61. The van der Waals surface area contributed by atoms with E-state index in [9.17, 15) is 19.8 Å². The van der Waals surface area contributed by atoms with Gasteiger partial charge in [0.1, 0.15) is 0 Å². The molecule has 1 aromatic carbocycles. The first-order valence-corrected chi connectivity index (χ1v) is 9.64. The smallest absolute Gasteiger partial charge is 0.254 e. The van der Waals surface area contributed by atoms with Gasteiger partial charge in [0.05, 0.1) is 0 Å². The van der Waals surface area contributed by atoms with Crippen molar-refractivity contribution in [1.29, 1.82) is 0 Å². The number of aliphatic hydroxyl groups excluding tert-OH is 2. The zero-order chi connectivity index (χ0) is 20.3. The predicted octanol–water partition coefficient (Wildman–Crippen LogP) is 1.46. The molecule has 1 aromatic rings. The Morgan fingerprint density at radius 1 is 1.29 bits per heavy atom. The summed E-state index contributed by atoms with van der Waals surface area (Å²) in [5, 5.41) is 23.1. The Morgan fingerprint density at radius 3 is 2.82 bits per heavy atom. The lowest BCUT2D eigenvalue weighted by molar-refractivity contribution is -0.154. The third kappa shape index (κ3) is 4.34. The van der Waals surface area contributed by atoms with E-state index in [1.165, 1.54) is 5.57 Å². The number of carbonyl (C=O) groups excluding carboxylic acids is 2. The van der Waals surface area contributed by atoms with E-state index in [1.807, 2.05) is 37.3 Å². The van der Waals surface area contributed by atoms with Crippen molar-refractivity contribution >= 4 is 11.8 Å². The van der Waals surface area contributed by atoms with E-state index < -0.39 is 24.0 Å². The maximum Gasteiger partial charge on any atom is 0.254 e. The van der Waals surface area contributed by atoms with Crippen molar-refractivity contribution in [3.8, 4) is 0 Å². The highest BCUT2D eigenvalue weighted by Crippen LogP contribution is 2.40. The number of carbonyl (C=O) groups is 2. The van der Waals surface area contributed by atoms with Gasteiger partial charge in [-0.3, -0.25) is 9.59 Å². The zero-order valence-corrected chi connectivity index (χ0v) is 16.4. The zero-order valence-electron chi connectivity index (χ0n) is 16.4. The number of rotatable bonds is 5.